The number of hydrogen-bond donors (Lipinski definition) is 0. The second-order valence-corrected chi connectivity index (χ2v) is 62.5. The largest absolute Gasteiger partial charge is 0.252 e. The van der Waals surface area contributed by atoms with E-state index in [0.29, 0.717) is 11.8 Å². The summed E-state index contributed by atoms with van der Waals surface area (Å²) in [6.07, 6.45) is 47.8. The van der Waals surface area contributed by atoms with Gasteiger partial charge in [0.2, 0.25) is 0 Å². The number of aromatic nitrogens is 12. The summed E-state index contributed by atoms with van der Waals surface area (Å²) in [4.78, 5) is 38.6. The van der Waals surface area contributed by atoms with E-state index in [1.54, 1.807) is 25.6 Å². The summed E-state index contributed by atoms with van der Waals surface area (Å²) >= 11 is 31.9. The van der Waals surface area contributed by atoms with Crippen molar-refractivity contribution in [3.63, 3.8) is 0 Å². The summed E-state index contributed by atoms with van der Waals surface area (Å²) in [6, 6.07) is 29.9. The lowest BCUT2D eigenvalue weighted by Crippen LogP contribution is -2.56. The van der Waals surface area contributed by atoms with Crippen LogP contribution in [0.3, 0.4) is 0 Å². The van der Waals surface area contributed by atoms with E-state index in [9.17, 15) is 0 Å². The highest BCUT2D eigenvalue weighted by molar-refractivity contribution is 9.11. The Morgan fingerprint density at radius 2 is 0.529 bits per heavy atom. The van der Waals surface area contributed by atoms with Gasteiger partial charge in [-0.1, -0.05) is 277 Å². The third kappa shape index (κ3) is 22.2. The van der Waals surface area contributed by atoms with Crippen LogP contribution in [0.15, 0.2) is 99.8 Å². The molecule has 30 heteroatoms. The van der Waals surface area contributed by atoms with E-state index in [1.807, 2.05) is 126 Å². The van der Waals surface area contributed by atoms with Crippen molar-refractivity contribution >= 4 is 301 Å². The van der Waals surface area contributed by atoms with Gasteiger partial charge in [0.1, 0.15) is 83.1 Å². The zero-order valence-corrected chi connectivity index (χ0v) is 100. The number of pyridine rings is 4. The van der Waals surface area contributed by atoms with Crippen molar-refractivity contribution in [2.24, 2.45) is 41.4 Å². The highest BCUT2D eigenvalue weighted by Crippen LogP contribution is 2.55. The maximum atomic E-state index is 5.40. The van der Waals surface area contributed by atoms with Crippen LogP contribution in [0.4, 0.5) is 0 Å². The molecule has 7 atom stereocenters. The van der Waals surface area contributed by atoms with Crippen LogP contribution in [0.25, 0.3) is 155 Å². The number of fused-ring (bicyclic) bond motifs is 13. The van der Waals surface area contributed by atoms with Gasteiger partial charge < -0.3 is 0 Å². The highest BCUT2D eigenvalue weighted by Gasteiger charge is 2.53. The molecule has 18 aromatic rings. The lowest BCUT2D eigenvalue weighted by molar-refractivity contribution is 0.452. The van der Waals surface area contributed by atoms with E-state index < -0.39 is 16.1 Å². The summed E-state index contributed by atoms with van der Waals surface area (Å²) < 4.78 is 49.1. The van der Waals surface area contributed by atoms with Gasteiger partial charge in [0.15, 0.2) is 0 Å². The van der Waals surface area contributed by atoms with Crippen LogP contribution < -0.4 is 20.7 Å². The maximum Gasteiger partial charge on any atom is 0.133 e. The first-order chi connectivity index (χ1) is 68.5. The first kappa shape index (κ1) is 105. The van der Waals surface area contributed by atoms with Crippen LogP contribution in [0.5, 0.6) is 0 Å². The minimum Gasteiger partial charge on any atom is -0.252 e. The average molecular weight is 2290 g/mol. The molecule has 0 saturated carbocycles. The highest BCUT2D eigenvalue weighted by atomic mass is 79.9. The van der Waals surface area contributed by atoms with Gasteiger partial charge in [0.25, 0.3) is 0 Å². The molecule has 0 radical (unpaired) electrons. The van der Waals surface area contributed by atoms with Crippen LogP contribution in [0.1, 0.15) is 291 Å². The minimum absolute atomic E-state index is 0.686. The summed E-state index contributed by atoms with van der Waals surface area (Å²) in [6.45, 7) is 33.1. The van der Waals surface area contributed by atoms with E-state index in [1.165, 1.54) is 357 Å². The molecule has 0 spiro atoms. The molecular weight excluding hydrogens is 2150 g/mol. The Labute approximate surface area is 904 Å². The third-order valence-electron chi connectivity index (χ3n) is 30.5. The van der Waals surface area contributed by atoms with Crippen molar-refractivity contribution in [1.82, 2.24) is 54.9 Å². The normalized spacial score (nSPS) is 15.5. The summed E-state index contributed by atoms with van der Waals surface area (Å²) in [5.41, 5.74) is 13.5. The number of halogens is 2. The third-order valence-corrected chi connectivity index (χ3v) is 57.0. The number of nitrogens with zero attached hydrogens (tertiary/aromatic N) is 12. The molecule has 0 amide bonds. The van der Waals surface area contributed by atoms with Crippen molar-refractivity contribution in [2.75, 3.05) is 0 Å². The molecule has 18 aromatic heterocycles. The Morgan fingerprint density at radius 1 is 0.264 bits per heavy atom. The number of rotatable bonds is 48. The molecule has 740 valence electrons. The predicted octanol–water partition coefficient (Wildman–Crippen LogP) is 38.5. The summed E-state index contributed by atoms with van der Waals surface area (Å²) in [5.74, 6) is 5.25. The Hall–Kier alpha value is -4.95. The fraction of sp³-hybridized carbons (Fsp3) is 0.509. The molecule has 140 heavy (non-hydrogen) atoms. The standard InChI is InChI=1S/C62H76N6S8Si.C34H38Br2N6S4Si.C14H20S2/c1-9-17-21-37(13-5)25-41-27-47-49(69-41)29-45(71-47)43-33-63-57(59-55(43)65-75-67-59)51-31-53-61(73-51)62-54(77(53,35-39(15-7)23-19-11-3)36-40(16-8)24-20-12-4)32-52(74-62)58-60-56(66-76-68-60)44(34-64-58)46-30-50-48(72-46)28-42(70-50)26-38(14-6)22-18-10-2;1-5-9-11-19(7-3)17-47(18-20(8-4)12-10-6-2)25-13-23(29-31-27(39-45-41-31)21(35)15-37-29)43-33(25)34-26(47)14-24(44-34)30-32-28(40-46-42-32)22(36)16-38-30;1-3-5-6-11(4-2)9-12-10-14-13(16-12)7-8-15-14/h27-34,37-40H,9-26,35-36H2,1-8H3;13-16,19-20H,5-12,17-18H2,1-4H3;7-8,10-11H,3-6,9H2,1-2H3. The van der Waals surface area contributed by atoms with Gasteiger partial charge in [0, 0.05) is 108 Å². The van der Waals surface area contributed by atoms with Gasteiger partial charge in [0.05, 0.1) is 75.4 Å². The second kappa shape index (κ2) is 48.6. The van der Waals surface area contributed by atoms with Gasteiger partial charge in [-0.25, -0.2) is 0 Å². The van der Waals surface area contributed by atoms with Crippen LogP contribution in [-0.4, -0.2) is 71.1 Å². The van der Waals surface area contributed by atoms with Crippen molar-refractivity contribution in [3.05, 3.63) is 114 Å². The summed E-state index contributed by atoms with van der Waals surface area (Å²) in [7, 11) is -4.57. The lowest BCUT2D eigenvalue weighted by atomic mass is 9.95. The van der Waals surface area contributed by atoms with Crippen LogP contribution in [-0.2, 0) is 19.3 Å². The molecule has 0 bridgehead atoms. The SMILES string of the molecule is CCCCC(CC)C[Si]1(CC(CC)CCCC)c2cc(-c3ncc(Br)c4nsnc34)sc2-c2sc(-c3ncc(Br)c4nsnc34)cc21.CCCCC(CC)Cc1cc2sc(-c3cnc(-c4cc5c(s4)-c4sc(-c6ncc(-c7cc8sc(CC(CC)CCCC)cc8s7)c7nsnc67)cc4[Si]5(CC(CC)CCCC)CC(CC)CCCC)c4nsnc34)cc2s1.CCCCC(CC)Cc1cc2sccc2s1. The Bertz CT molecular complexity index is 6690. The second-order valence-electron chi connectivity index (χ2n) is 39.7. The number of unbranched alkanes of at least 4 members (excludes halogenated alkanes) is 7. The molecule has 20 heterocycles. The van der Waals surface area contributed by atoms with E-state index >= 15 is 0 Å². The molecule has 2 aliphatic heterocycles. The predicted molar refractivity (Wildman–Crippen MR) is 638 cm³/mol. The van der Waals surface area contributed by atoms with Gasteiger partial charge in [-0.15, -0.1) is 113 Å². The van der Waals surface area contributed by atoms with Crippen LogP contribution >= 0.6 is 192 Å². The van der Waals surface area contributed by atoms with E-state index in [2.05, 4.69) is 216 Å². The van der Waals surface area contributed by atoms with Crippen molar-refractivity contribution in [1.29, 1.82) is 0 Å². The fourth-order valence-electron chi connectivity index (χ4n) is 22.2. The van der Waals surface area contributed by atoms with Crippen molar-refractivity contribution < 1.29 is 0 Å². The van der Waals surface area contributed by atoms with Crippen LogP contribution in [0, 0.1) is 41.4 Å². The molecule has 0 saturated heterocycles. The topological polar surface area (TPSA) is 155 Å². The minimum atomic E-state index is -2.36. The quantitative estimate of drug-likeness (QED) is 0.0333. The molecular formula is C110H134Br2N12S14Si2. The lowest BCUT2D eigenvalue weighted by Gasteiger charge is -2.35. The van der Waals surface area contributed by atoms with Crippen molar-refractivity contribution in [3.8, 4) is 82.7 Å². The molecule has 7 unspecified atom stereocenters. The number of thiophene rings is 10. The van der Waals surface area contributed by atoms with Gasteiger partial charge in [-0.05, 0) is 204 Å². The first-order valence-electron chi connectivity index (χ1n) is 52.3. The Kier molecular flexibility index (Phi) is 36.4. The monoisotopic (exact) mass is 2280 g/mol. The molecule has 12 nitrogen and oxygen atoms in total. The molecule has 20 rings (SSSR count). The van der Waals surface area contributed by atoms with E-state index in [0.717, 1.165) is 117 Å². The van der Waals surface area contributed by atoms with Gasteiger partial charge in [-0.3, -0.25) is 19.9 Å². The van der Waals surface area contributed by atoms with Gasteiger partial charge >= 0.3 is 0 Å². The molecule has 0 aliphatic carbocycles. The molecule has 0 aromatic carbocycles. The maximum absolute atomic E-state index is 5.40. The average Bonchev–Trinajstić information content (AvgIpc) is 1.54. The summed E-state index contributed by atoms with van der Waals surface area (Å²) in [5, 5.41) is 8.78. The smallest absolute Gasteiger partial charge is 0.133 e. The fourth-order valence-corrected chi connectivity index (χ4v) is 53.5. The Balaban J connectivity index is 0.000000173. The van der Waals surface area contributed by atoms with Crippen molar-refractivity contribution in [2.45, 2.75) is 320 Å². The zero-order chi connectivity index (χ0) is 97.3. The van der Waals surface area contributed by atoms with E-state index in [4.69, 9.17) is 46.2 Å². The zero-order valence-electron chi connectivity index (χ0n) is 83.8. The Morgan fingerprint density at radius 3 is 0.821 bits per heavy atom. The number of hydrogen-bond acceptors (Lipinski definition) is 26. The van der Waals surface area contributed by atoms with Gasteiger partial charge in [-0.2, -0.15) is 35.0 Å². The van der Waals surface area contributed by atoms with E-state index in [-0.39, 0.29) is 0 Å². The molecule has 2 aliphatic rings. The molecule has 0 fully saturated rings. The van der Waals surface area contributed by atoms with Crippen LogP contribution in [0.2, 0.25) is 24.2 Å². The molecule has 0 N–H and O–H groups in total. The first-order valence-corrected chi connectivity index (χ1v) is 69.9.